The standard InChI is InChI=1S/C55H32N4O3/c1-2-15-36(16-3-1)59(37-27-28-40-39-17-6-9-21-45(39)61-49(40)31-37)38-30-44(52-42-19-8-11-23-47(42)62-50(52)32-38)55-57-53(35-26-25-33-13-4-5-14-34(33)29-35)56-54(58-55)43-20-12-24-48-51(43)41-18-7-10-22-46(41)60-48/h1-32H. The number of furan rings is 3. The van der Waals surface area contributed by atoms with Crippen LogP contribution >= 0.6 is 0 Å². The lowest BCUT2D eigenvalue weighted by Gasteiger charge is -2.26. The third kappa shape index (κ3) is 5.42. The normalized spacial score (nSPS) is 11.9. The number of hydrogen-bond donors (Lipinski definition) is 0. The molecule has 0 unspecified atom stereocenters. The van der Waals surface area contributed by atoms with E-state index in [0.29, 0.717) is 23.1 Å². The molecule has 0 saturated heterocycles. The molecular formula is C55H32N4O3. The van der Waals surface area contributed by atoms with Crippen molar-refractivity contribution in [2.75, 3.05) is 4.90 Å². The van der Waals surface area contributed by atoms with Crippen LogP contribution in [0.2, 0.25) is 0 Å². The van der Waals surface area contributed by atoms with E-state index in [9.17, 15) is 0 Å². The molecule has 9 aromatic carbocycles. The Hall–Kier alpha value is -8.55. The van der Waals surface area contributed by atoms with Gasteiger partial charge in [0.1, 0.15) is 33.5 Å². The SMILES string of the molecule is c1ccc(N(c2ccc3c(c2)oc2ccccc23)c2cc(-c3nc(-c4ccc5ccccc5c4)nc(-c4cccc5oc6ccccc6c45)n3)c3c(c2)oc2ccccc23)cc1. The van der Waals surface area contributed by atoms with E-state index in [0.717, 1.165) is 105 Å². The van der Waals surface area contributed by atoms with Gasteiger partial charge in [-0.05, 0) is 71.4 Å². The molecular weight excluding hydrogens is 765 g/mol. The van der Waals surface area contributed by atoms with Crippen molar-refractivity contribution in [3.8, 4) is 34.2 Å². The summed E-state index contributed by atoms with van der Waals surface area (Å²) in [5, 5.41) is 8.22. The maximum absolute atomic E-state index is 6.73. The first-order valence-corrected chi connectivity index (χ1v) is 20.6. The molecule has 7 nitrogen and oxygen atoms in total. The maximum atomic E-state index is 6.73. The Morgan fingerprint density at radius 2 is 0.871 bits per heavy atom. The van der Waals surface area contributed by atoms with Gasteiger partial charge in [0, 0.05) is 72.5 Å². The lowest BCUT2D eigenvalue weighted by molar-refractivity contribution is 0.668. The predicted octanol–water partition coefficient (Wildman–Crippen LogP) is 15.2. The minimum absolute atomic E-state index is 0.516. The molecule has 0 aliphatic rings. The first-order chi connectivity index (χ1) is 30.7. The summed E-state index contributed by atoms with van der Waals surface area (Å²) in [6.07, 6.45) is 0. The summed E-state index contributed by atoms with van der Waals surface area (Å²) in [5.41, 5.74) is 10.0. The molecule has 0 spiro atoms. The predicted molar refractivity (Wildman–Crippen MR) is 250 cm³/mol. The van der Waals surface area contributed by atoms with Crippen molar-refractivity contribution in [1.82, 2.24) is 15.0 Å². The second-order valence-electron chi connectivity index (χ2n) is 15.6. The molecule has 13 aromatic rings. The van der Waals surface area contributed by atoms with Crippen molar-refractivity contribution in [2.45, 2.75) is 0 Å². The molecule has 0 atom stereocenters. The van der Waals surface area contributed by atoms with Gasteiger partial charge in [-0.3, -0.25) is 0 Å². The van der Waals surface area contributed by atoms with Crippen molar-refractivity contribution < 1.29 is 13.3 Å². The molecule has 0 fully saturated rings. The van der Waals surface area contributed by atoms with Gasteiger partial charge >= 0.3 is 0 Å². The van der Waals surface area contributed by atoms with Crippen LogP contribution in [0.4, 0.5) is 17.1 Å². The number of nitrogens with zero attached hydrogens (tertiary/aromatic N) is 4. The van der Waals surface area contributed by atoms with E-state index in [1.54, 1.807) is 0 Å². The monoisotopic (exact) mass is 796 g/mol. The Bertz CT molecular complexity index is 3900. The second kappa shape index (κ2) is 13.5. The first-order valence-electron chi connectivity index (χ1n) is 20.6. The van der Waals surface area contributed by atoms with E-state index < -0.39 is 0 Å². The molecule has 7 heteroatoms. The summed E-state index contributed by atoms with van der Waals surface area (Å²) < 4.78 is 19.5. The molecule has 4 aromatic heterocycles. The highest BCUT2D eigenvalue weighted by Gasteiger charge is 2.24. The Labute approximate surface area is 353 Å². The van der Waals surface area contributed by atoms with E-state index in [2.05, 4.69) is 126 Å². The Balaban J connectivity index is 1.10. The van der Waals surface area contributed by atoms with Gasteiger partial charge in [-0.1, -0.05) is 121 Å². The van der Waals surface area contributed by atoms with Gasteiger partial charge in [-0.25, -0.2) is 15.0 Å². The van der Waals surface area contributed by atoms with Gasteiger partial charge < -0.3 is 18.2 Å². The van der Waals surface area contributed by atoms with Gasteiger partial charge in [0.25, 0.3) is 0 Å². The third-order valence-electron chi connectivity index (χ3n) is 11.9. The fourth-order valence-electron chi connectivity index (χ4n) is 9.06. The van der Waals surface area contributed by atoms with Crippen LogP contribution in [0, 0.1) is 0 Å². The lowest BCUT2D eigenvalue weighted by atomic mass is 10.0. The molecule has 0 aliphatic heterocycles. The van der Waals surface area contributed by atoms with Crippen molar-refractivity contribution in [3.05, 3.63) is 194 Å². The van der Waals surface area contributed by atoms with Crippen LogP contribution in [0.15, 0.2) is 207 Å². The lowest BCUT2D eigenvalue weighted by Crippen LogP contribution is -2.10. The summed E-state index contributed by atoms with van der Waals surface area (Å²) in [7, 11) is 0. The molecule has 4 heterocycles. The van der Waals surface area contributed by atoms with Crippen LogP contribution in [-0.4, -0.2) is 15.0 Å². The van der Waals surface area contributed by atoms with E-state index >= 15 is 0 Å². The maximum Gasteiger partial charge on any atom is 0.164 e. The van der Waals surface area contributed by atoms with Crippen LogP contribution in [-0.2, 0) is 0 Å². The summed E-state index contributed by atoms with van der Waals surface area (Å²) >= 11 is 0. The quantitative estimate of drug-likeness (QED) is 0.166. The van der Waals surface area contributed by atoms with Crippen molar-refractivity contribution in [3.63, 3.8) is 0 Å². The van der Waals surface area contributed by atoms with Crippen molar-refractivity contribution in [2.24, 2.45) is 0 Å². The van der Waals surface area contributed by atoms with Crippen LogP contribution in [0.1, 0.15) is 0 Å². The molecule has 0 radical (unpaired) electrons. The Kier molecular flexibility index (Phi) is 7.47. The number of rotatable bonds is 6. The number of benzene rings is 9. The van der Waals surface area contributed by atoms with E-state index in [1.807, 2.05) is 72.8 Å². The fourth-order valence-corrected chi connectivity index (χ4v) is 9.06. The largest absolute Gasteiger partial charge is 0.456 e. The smallest absolute Gasteiger partial charge is 0.164 e. The molecule has 0 saturated carbocycles. The Morgan fingerprint density at radius 1 is 0.306 bits per heavy atom. The van der Waals surface area contributed by atoms with Crippen LogP contribution < -0.4 is 4.90 Å². The zero-order valence-corrected chi connectivity index (χ0v) is 33.0. The summed E-state index contributed by atoms with van der Waals surface area (Å²) in [6, 6.07) is 66.2. The zero-order valence-electron chi connectivity index (χ0n) is 33.0. The average molecular weight is 797 g/mol. The average Bonchev–Trinajstić information content (AvgIpc) is 4.02. The van der Waals surface area contributed by atoms with Gasteiger partial charge in [-0.2, -0.15) is 0 Å². The minimum atomic E-state index is 0.516. The number of fused-ring (bicyclic) bond motifs is 10. The Morgan fingerprint density at radius 3 is 1.66 bits per heavy atom. The van der Waals surface area contributed by atoms with Gasteiger partial charge in [0.15, 0.2) is 17.5 Å². The highest BCUT2D eigenvalue weighted by atomic mass is 16.3. The van der Waals surface area contributed by atoms with Gasteiger partial charge in [0.05, 0.1) is 5.69 Å². The summed E-state index contributed by atoms with van der Waals surface area (Å²) in [4.78, 5) is 18.3. The molecule has 0 aliphatic carbocycles. The van der Waals surface area contributed by atoms with Gasteiger partial charge in [-0.15, -0.1) is 0 Å². The van der Waals surface area contributed by atoms with Gasteiger partial charge in [0.2, 0.25) is 0 Å². The molecule has 0 amide bonds. The minimum Gasteiger partial charge on any atom is -0.456 e. The van der Waals surface area contributed by atoms with Crippen LogP contribution in [0.25, 0.3) is 111 Å². The highest BCUT2D eigenvalue weighted by molar-refractivity contribution is 6.15. The summed E-state index contributed by atoms with van der Waals surface area (Å²) in [6.45, 7) is 0. The number of hydrogen-bond acceptors (Lipinski definition) is 7. The molecule has 0 bridgehead atoms. The molecule has 290 valence electrons. The topological polar surface area (TPSA) is 81.3 Å². The fraction of sp³-hybridized carbons (Fsp3) is 0. The zero-order chi connectivity index (χ0) is 40.7. The number of aromatic nitrogens is 3. The molecule has 62 heavy (non-hydrogen) atoms. The summed E-state index contributed by atoms with van der Waals surface area (Å²) in [5.74, 6) is 1.61. The highest BCUT2D eigenvalue weighted by Crippen LogP contribution is 2.45. The molecule has 0 N–H and O–H groups in total. The van der Waals surface area contributed by atoms with Crippen molar-refractivity contribution >= 4 is 93.7 Å². The van der Waals surface area contributed by atoms with E-state index in [1.165, 1.54) is 0 Å². The number of anilines is 3. The van der Waals surface area contributed by atoms with Crippen LogP contribution in [0.5, 0.6) is 0 Å². The number of para-hydroxylation sites is 4. The second-order valence-corrected chi connectivity index (χ2v) is 15.6. The third-order valence-corrected chi connectivity index (χ3v) is 11.9. The van der Waals surface area contributed by atoms with Crippen molar-refractivity contribution in [1.29, 1.82) is 0 Å². The first kappa shape index (κ1) is 34.3. The molecule has 13 rings (SSSR count). The van der Waals surface area contributed by atoms with E-state index in [4.69, 9.17) is 28.2 Å². The van der Waals surface area contributed by atoms with E-state index in [-0.39, 0.29) is 0 Å². The van der Waals surface area contributed by atoms with Crippen LogP contribution in [0.3, 0.4) is 0 Å².